The molecule has 2 aliphatic rings. The van der Waals surface area contributed by atoms with E-state index in [9.17, 15) is 4.79 Å². The van der Waals surface area contributed by atoms with Crippen LogP contribution in [-0.2, 0) is 11.2 Å². The summed E-state index contributed by atoms with van der Waals surface area (Å²) in [6.45, 7) is 6.82. The zero-order valence-electron chi connectivity index (χ0n) is 23.1. The highest BCUT2D eigenvalue weighted by atomic mass is 16.5. The first-order chi connectivity index (χ1) is 17.1. The first kappa shape index (κ1) is 28.0. The normalized spacial score (nSPS) is 24.7. The highest BCUT2D eigenvalue weighted by molar-refractivity contribution is 5.90. The Balaban J connectivity index is 1.62. The van der Waals surface area contributed by atoms with Crippen molar-refractivity contribution in [1.29, 1.82) is 0 Å². The summed E-state index contributed by atoms with van der Waals surface area (Å²) >= 11 is 0. The van der Waals surface area contributed by atoms with Gasteiger partial charge in [0, 0.05) is 5.57 Å². The summed E-state index contributed by atoms with van der Waals surface area (Å²) in [5, 5.41) is 0. The quantitative estimate of drug-likeness (QED) is 0.150. The van der Waals surface area contributed by atoms with Crippen LogP contribution in [0.1, 0.15) is 135 Å². The molecule has 0 radical (unpaired) electrons. The van der Waals surface area contributed by atoms with Crippen molar-refractivity contribution in [3.05, 3.63) is 41.5 Å². The maximum absolute atomic E-state index is 13.1. The average Bonchev–Trinajstić information content (AvgIpc) is 2.89. The third kappa shape index (κ3) is 8.22. The Morgan fingerprint density at radius 3 is 2.31 bits per heavy atom. The first-order valence-corrected chi connectivity index (χ1v) is 15.1. The molecule has 3 rings (SSSR count). The van der Waals surface area contributed by atoms with Gasteiger partial charge in [-0.25, -0.2) is 4.79 Å². The Labute approximate surface area is 216 Å². The van der Waals surface area contributed by atoms with Gasteiger partial charge in [0.05, 0.1) is 0 Å². The second kappa shape index (κ2) is 14.9. The van der Waals surface area contributed by atoms with E-state index < -0.39 is 0 Å². The van der Waals surface area contributed by atoms with Crippen LogP contribution in [0.3, 0.4) is 0 Å². The number of allylic oxidation sites excluding steroid dienone is 1. The molecule has 196 valence electrons. The van der Waals surface area contributed by atoms with E-state index in [1.165, 1.54) is 83.5 Å². The van der Waals surface area contributed by atoms with Crippen molar-refractivity contribution in [3.63, 3.8) is 0 Å². The lowest BCUT2D eigenvalue weighted by Gasteiger charge is -2.46. The monoisotopic (exact) mass is 480 g/mol. The van der Waals surface area contributed by atoms with Gasteiger partial charge in [0.1, 0.15) is 5.75 Å². The molecule has 1 unspecified atom stereocenters. The highest BCUT2D eigenvalue weighted by Gasteiger charge is 2.41. The molecule has 1 fully saturated rings. The third-order valence-electron chi connectivity index (χ3n) is 9.09. The van der Waals surface area contributed by atoms with Crippen LogP contribution in [0.2, 0.25) is 0 Å². The minimum Gasteiger partial charge on any atom is -0.423 e. The first-order valence-electron chi connectivity index (χ1n) is 15.1. The van der Waals surface area contributed by atoms with Gasteiger partial charge in [0.15, 0.2) is 0 Å². The fourth-order valence-electron chi connectivity index (χ4n) is 6.72. The molecule has 1 saturated carbocycles. The Morgan fingerprint density at radius 1 is 0.914 bits per heavy atom. The molecule has 1 aromatic rings. The maximum atomic E-state index is 13.1. The molecule has 2 aliphatic carbocycles. The topological polar surface area (TPSA) is 26.3 Å². The van der Waals surface area contributed by atoms with Crippen LogP contribution in [-0.4, -0.2) is 5.97 Å². The highest BCUT2D eigenvalue weighted by Crippen LogP contribution is 2.52. The van der Waals surface area contributed by atoms with Gasteiger partial charge in [-0.3, -0.25) is 0 Å². The summed E-state index contributed by atoms with van der Waals surface area (Å²) < 4.78 is 5.95. The van der Waals surface area contributed by atoms with Crippen molar-refractivity contribution >= 4 is 5.97 Å². The van der Waals surface area contributed by atoms with Crippen LogP contribution in [0.5, 0.6) is 5.75 Å². The third-order valence-corrected chi connectivity index (χ3v) is 9.09. The zero-order chi connectivity index (χ0) is 24.9. The Hall–Kier alpha value is -1.57. The number of rotatable bonds is 14. The van der Waals surface area contributed by atoms with Crippen LogP contribution in [0.15, 0.2) is 35.9 Å². The van der Waals surface area contributed by atoms with Gasteiger partial charge in [0.25, 0.3) is 0 Å². The second-order valence-corrected chi connectivity index (χ2v) is 11.6. The number of hydrogen-bond acceptors (Lipinski definition) is 2. The molecule has 0 N–H and O–H groups in total. The predicted octanol–water partition coefficient (Wildman–Crippen LogP) is 10.00. The zero-order valence-corrected chi connectivity index (χ0v) is 23.1. The predicted molar refractivity (Wildman–Crippen MR) is 149 cm³/mol. The molecule has 0 saturated heterocycles. The van der Waals surface area contributed by atoms with Crippen molar-refractivity contribution in [3.8, 4) is 5.75 Å². The number of benzene rings is 1. The van der Waals surface area contributed by atoms with E-state index in [1.54, 1.807) is 0 Å². The Bertz CT molecular complexity index is 786. The number of para-hydroxylation sites is 1. The SMILES string of the molecule is CCCCCC1CCC(C2(CCCCC)CC=C(C(=O)Oc3ccccc3CCCC)CC2)CC1. The number of carbonyl (C=O) groups excluding carboxylic acids is 1. The molecular weight excluding hydrogens is 428 g/mol. The van der Waals surface area contributed by atoms with Crippen molar-refractivity contribution in [2.45, 2.75) is 136 Å². The standard InChI is InChI=1S/C33H52O2/c1-4-7-10-14-27-18-20-30(21-19-27)33(24-13-8-5-2)25-22-29(23-26-33)32(34)35-31-17-12-11-16-28(31)15-9-6-3/h11-12,16-17,22,27,30H,4-10,13-15,18-21,23-26H2,1-3H3. The minimum absolute atomic E-state index is 0.115. The molecule has 2 nitrogen and oxygen atoms in total. The van der Waals surface area contributed by atoms with Gasteiger partial charge in [-0.2, -0.15) is 0 Å². The van der Waals surface area contributed by atoms with E-state index in [0.717, 1.165) is 60.8 Å². The molecule has 2 heteroatoms. The van der Waals surface area contributed by atoms with E-state index in [0.29, 0.717) is 5.41 Å². The summed E-state index contributed by atoms with van der Waals surface area (Å²) in [6, 6.07) is 8.08. The fourth-order valence-corrected chi connectivity index (χ4v) is 6.72. The van der Waals surface area contributed by atoms with Crippen molar-refractivity contribution in [2.75, 3.05) is 0 Å². The molecule has 35 heavy (non-hydrogen) atoms. The summed E-state index contributed by atoms with van der Waals surface area (Å²) in [5.41, 5.74) is 2.48. The molecule has 1 atom stereocenters. The Morgan fingerprint density at radius 2 is 1.63 bits per heavy atom. The number of carbonyl (C=O) groups is 1. The number of esters is 1. The van der Waals surface area contributed by atoms with Gasteiger partial charge in [-0.05, 0) is 80.2 Å². The van der Waals surface area contributed by atoms with Gasteiger partial charge in [-0.15, -0.1) is 0 Å². The lowest BCUT2D eigenvalue weighted by Crippen LogP contribution is -2.36. The lowest BCUT2D eigenvalue weighted by molar-refractivity contribution is -0.130. The summed E-state index contributed by atoms with van der Waals surface area (Å²) in [4.78, 5) is 13.1. The van der Waals surface area contributed by atoms with Crippen LogP contribution >= 0.6 is 0 Å². The van der Waals surface area contributed by atoms with Gasteiger partial charge in [-0.1, -0.05) is 109 Å². The summed E-state index contributed by atoms with van der Waals surface area (Å²) in [7, 11) is 0. The molecule has 0 heterocycles. The van der Waals surface area contributed by atoms with Crippen LogP contribution in [0.4, 0.5) is 0 Å². The van der Waals surface area contributed by atoms with E-state index in [2.05, 4.69) is 32.9 Å². The van der Waals surface area contributed by atoms with E-state index >= 15 is 0 Å². The average molecular weight is 481 g/mol. The number of hydrogen-bond donors (Lipinski definition) is 0. The van der Waals surface area contributed by atoms with Crippen molar-refractivity contribution in [2.24, 2.45) is 17.3 Å². The van der Waals surface area contributed by atoms with E-state index in [4.69, 9.17) is 4.74 Å². The molecule has 0 aliphatic heterocycles. The molecule has 0 amide bonds. The van der Waals surface area contributed by atoms with Gasteiger partial charge < -0.3 is 4.74 Å². The number of ether oxygens (including phenoxy) is 1. The fraction of sp³-hybridized carbons (Fsp3) is 0.727. The number of unbranched alkanes of at least 4 members (excludes halogenated alkanes) is 5. The molecule has 0 aromatic heterocycles. The molecule has 0 spiro atoms. The maximum Gasteiger partial charge on any atom is 0.339 e. The van der Waals surface area contributed by atoms with Crippen LogP contribution in [0, 0.1) is 17.3 Å². The smallest absolute Gasteiger partial charge is 0.339 e. The van der Waals surface area contributed by atoms with Crippen LogP contribution in [0.25, 0.3) is 0 Å². The van der Waals surface area contributed by atoms with Gasteiger partial charge >= 0.3 is 5.97 Å². The largest absolute Gasteiger partial charge is 0.423 e. The van der Waals surface area contributed by atoms with E-state index in [1.807, 2.05) is 18.2 Å². The van der Waals surface area contributed by atoms with E-state index in [-0.39, 0.29) is 5.97 Å². The molecule has 1 aromatic carbocycles. The summed E-state index contributed by atoms with van der Waals surface area (Å²) in [6.07, 6.45) is 25.2. The Kier molecular flexibility index (Phi) is 11.9. The molecule has 0 bridgehead atoms. The second-order valence-electron chi connectivity index (χ2n) is 11.6. The van der Waals surface area contributed by atoms with Gasteiger partial charge in [0.2, 0.25) is 0 Å². The minimum atomic E-state index is -0.115. The van der Waals surface area contributed by atoms with Crippen molar-refractivity contribution in [1.82, 2.24) is 0 Å². The van der Waals surface area contributed by atoms with Crippen molar-refractivity contribution < 1.29 is 9.53 Å². The lowest BCUT2D eigenvalue weighted by atomic mass is 9.59. The summed E-state index contributed by atoms with van der Waals surface area (Å²) in [5.74, 6) is 2.44. The molecular formula is C33H52O2. The number of aryl methyl sites for hydroxylation is 1. The van der Waals surface area contributed by atoms with Crippen LogP contribution < -0.4 is 4.74 Å².